The second-order valence-electron chi connectivity index (χ2n) is 9.20. The number of aliphatic hydroxyl groups is 2. The third kappa shape index (κ3) is 4.50. The van der Waals surface area contributed by atoms with Gasteiger partial charge in [0.1, 0.15) is 0 Å². The Morgan fingerprint density at radius 2 is 1.86 bits per heavy atom. The molecule has 0 aliphatic carbocycles. The molecule has 1 aliphatic rings. The van der Waals surface area contributed by atoms with Crippen molar-refractivity contribution in [3.63, 3.8) is 0 Å². The first-order valence-electron chi connectivity index (χ1n) is 11.1. The number of benzene rings is 1. The van der Waals surface area contributed by atoms with E-state index in [1.807, 2.05) is 24.5 Å². The van der Waals surface area contributed by atoms with Gasteiger partial charge in [0, 0.05) is 47.7 Å². The van der Waals surface area contributed by atoms with Crippen LogP contribution in [0, 0.1) is 5.92 Å². The Bertz CT molecular complexity index is 1380. The molecule has 0 spiro atoms. The van der Waals surface area contributed by atoms with Crippen LogP contribution in [0.5, 0.6) is 0 Å². The second-order valence-corrected chi connectivity index (χ2v) is 11.2. The van der Waals surface area contributed by atoms with Gasteiger partial charge in [0.25, 0.3) is 0 Å². The molecule has 3 aromatic rings. The minimum atomic E-state index is -4.76. The first-order valence-corrected chi connectivity index (χ1v) is 13.0. The van der Waals surface area contributed by atoms with Crippen LogP contribution in [0.1, 0.15) is 55.4 Å². The van der Waals surface area contributed by atoms with Crippen molar-refractivity contribution in [3.05, 3.63) is 46.9 Å². The highest BCUT2D eigenvalue weighted by Gasteiger charge is 2.39. The molecule has 1 aromatic carbocycles. The number of alkyl halides is 3. The lowest BCUT2D eigenvalue weighted by atomic mass is 9.97. The molecule has 4 rings (SSSR count). The van der Waals surface area contributed by atoms with Gasteiger partial charge in [-0.05, 0) is 36.6 Å². The highest BCUT2D eigenvalue weighted by atomic mass is 32.2. The average Bonchev–Trinajstić information content (AvgIpc) is 3.13. The van der Waals surface area contributed by atoms with E-state index in [1.54, 1.807) is 17.0 Å². The smallest absolute Gasteiger partial charge is 0.392 e. The van der Waals surface area contributed by atoms with Gasteiger partial charge in [-0.1, -0.05) is 13.8 Å². The number of hydrogen-bond donors (Lipinski definition) is 2. The van der Waals surface area contributed by atoms with E-state index in [-0.39, 0.29) is 22.3 Å². The van der Waals surface area contributed by atoms with E-state index in [0.29, 0.717) is 18.6 Å². The first-order chi connectivity index (χ1) is 16.2. The molecule has 0 radical (unpaired) electrons. The predicted octanol–water partition coefficient (Wildman–Crippen LogP) is 3.62. The predicted molar refractivity (Wildman–Crippen MR) is 124 cm³/mol. The summed E-state index contributed by atoms with van der Waals surface area (Å²) < 4.78 is 67.6. The Hall–Kier alpha value is -2.70. The van der Waals surface area contributed by atoms with Crippen molar-refractivity contribution in [1.82, 2.24) is 14.5 Å². The molecule has 0 fully saturated rings. The minimum absolute atomic E-state index is 0.0452. The Labute approximate surface area is 201 Å². The molecular weight excluding hydrogens is 485 g/mol. The molecule has 0 bridgehead atoms. The van der Waals surface area contributed by atoms with Gasteiger partial charge in [-0.3, -0.25) is 0 Å². The highest BCUT2D eigenvalue weighted by Crippen LogP contribution is 2.40. The summed E-state index contributed by atoms with van der Waals surface area (Å²) in [5.74, 6) is -0.149. The van der Waals surface area contributed by atoms with E-state index < -0.39 is 46.0 Å². The van der Waals surface area contributed by atoms with Crippen LogP contribution >= 0.6 is 0 Å². The van der Waals surface area contributed by atoms with Crippen LogP contribution < -0.4 is 4.90 Å². The molecule has 190 valence electrons. The molecule has 8 nitrogen and oxygen atoms in total. The van der Waals surface area contributed by atoms with E-state index in [2.05, 4.69) is 9.97 Å². The maximum atomic E-state index is 13.7. The lowest BCUT2D eigenvalue weighted by molar-refractivity contribution is -0.142. The summed E-state index contributed by atoms with van der Waals surface area (Å²) in [6, 6.07) is 4.65. The van der Waals surface area contributed by atoms with Gasteiger partial charge in [0.2, 0.25) is 5.95 Å². The number of halogens is 3. The molecule has 1 aliphatic heterocycles. The summed E-state index contributed by atoms with van der Waals surface area (Å²) in [7, 11) is -3.59. The Morgan fingerprint density at radius 1 is 1.17 bits per heavy atom. The van der Waals surface area contributed by atoms with Crippen molar-refractivity contribution in [2.45, 2.75) is 57.1 Å². The Balaban J connectivity index is 1.88. The van der Waals surface area contributed by atoms with E-state index in [0.717, 1.165) is 23.5 Å². The monoisotopic (exact) mass is 512 g/mol. The quantitative estimate of drug-likeness (QED) is 0.538. The number of sulfone groups is 1. The van der Waals surface area contributed by atoms with Crippen LogP contribution in [-0.4, -0.2) is 46.0 Å². The normalized spacial score (nSPS) is 17.8. The van der Waals surface area contributed by atoms with Gasteiger partial charge in [-0.2, -0.15) is 13.2 Å². The maximum Gasteiger partial charge on any atom is 0.433 e. The number of hydrogen-bond acceptors (Lipinski definition) is 7. The largest absolute Gasteiger partial charge is 0.433 e. The molecule has 2 aromatic heterocycles. The summed E-state index contributed by atoms with van der Waals surface area (Å²) >= 11 is 0. The standard InChI is InChI=1S/C23H27F3N4O4S/c1-12(2)20-18-8-14-7-15(11-31)19(35(4,33)34)9-17(14)29(18)5-6-30(20)22-27-10-16(13(3)32)21(28-22)23(24,25)26/h7-10,12-13,20,31-32H,5-6,11H2,1-4H3/t13-,20-/m1/s1. The fourth-order valence-electron chi connectivity index (χ4n) is 4.81. The second kappa shape index (κ2) is 8.75. The van der Waals surface area contributed by atoms with Crippen LogP contribution in [-0.2, 0) is 29.2 Å². The van der Waals surface area contributed by atoms with Gasteiger partial charge in [0.15, 0.2) is 15.5 Å². The zero-order valence-electron chi connectivity index (χ0n) is 19.7. The number of nitrogens with zero attached hydrogens (tertiary/aromatic N) is 4. The third-order valence-corrected chi connectivity index (χ3v) is 7.48. The third-order valence-electron chi connectivity index (χ3n) is 6.30. The number of aromatic nitrogens is 3. The maximum absolute atomic E-state index is 13.7. The lowest BCUT2D eigenvalue weighted by Crippen LogP contribution is -2.41. The topological polar surface area (TPSA) is 109 Å². The molecule has 0 amide bonds. The number of anilines is 1. The molecular formula is C23H27F3N4O4S. The minimum Gasteiger partial charge on any atom is -0.392 e. The summed E-state index contributed by atoms with van der Waals surface area (Å²) in [6.07, 6.45) is -4.04. The van der Waals surface area contributed by atoms with Crippen LogP contribution in [0.15, 0.2) is 29.3 Å². The van der Waals surface area contributed by atoms with Crippen molar-refractivity contribution >= 4 is 26.7 Å². The molecule has 3 heterocycles. The van der Waals surface area contributed by atoms with Crippen molar-refractivity contribution < 1.29 is 31.8 Å². The van der Waals surface area contributed by atoms with Crippen LogP contribution in [0.3, 0.4) is 0 Å². The molecule has 35 heavy (non-hydrogen) atoms. The van der Waals surface area contributed by atoms with Gasteiger partial charge in [-0.15, -0.1) is 0 Å². The molecule has 0 saturated carbocycles. The highest BCUT2D eigenvalue weighted by molar-refractivity contribution is 7.90. The van der Waals surface area contributed by atoms with E-state index in [4.69, 9.17) is 0 Å². The Morgan fingerprint density at radius 3 is 2.40 bits per heavy atom. The van der Waals surface area contributed by atoms with Crippen molar-refractivity contribution in [2.75, 3.05) is 17.7 Å². The van der Waals surface area contributed by atoms with Gasteiger partial charge in [0.05, 0.1) is 23.6 Å². The van der Waals surface area contributed by atoms with E-state index in [9.17, 15) is 31.8 Å². The molecule has 0 saturated heterocycles. The van der Waals surface area contributed by atoms with Gasteiger partial charge >= 0.3 is 6.18 Å². The van der Waals surface area contributed by atoms with Crippen LogP contribution in [0.4, 0.5) is 19.1 Å². The zero-order valence-corrected chi connectivity index (χ0v) is 20.5. The van der Waals surface area contributed by atoms with Crippen molar-refractivity contribution in [3.8, 4) is 0 Å². The van der Waals surface area contributed by atoms with Gasteiger partial charge in [-0.25, -0.2) is 18.4 Å². The molecule has 0 unspecified atom stereocenters. The number of fused-ring (bicyclic) bond motifs is 3. The first kappa shape index (κ1) is 25.4. The molecule has 12 heteroatoms. The van der Waals surface area contributed by atoms with Crippen molar-refractivity contribution in [2.24, 2.45) is 5.92 Å². The lowest BCUT2D eigenvalue weighted by Gasteiger charge is -2.39. The summed E-state index contributed by atoms with van der Waals surface area (Å²) in [5.41, 5.74) is 0.180. The average molecular weight is 513 g/mol. The SMILES string of the molecule is CC(C)[C@@H]1c2cc3cc(CO)c(S(C)(=O)=O)cc3n2CCN1c1ncc([C@@H](C)O)c(C(F)(F)F)n1. The van der Waals surface area contributed by atoms with Gasteiger partial charge < -0.3 is 19.7 Å². The van der Waals surface area contributed by atoms with Crippen molar-refractivity contribution in [1.29, 1.82) is 0 Å². The molecule has 2 N–H and O–H groups in total. The van der Waals surface area contributed by atoms with Crippen LogP contribution in [0.25, 0.3) is 10.9 Å². The molecule has 2 atom stereocenters. The van der Waals surface area contributed by atoms with Crippen LogP contribution in [0.2, 0.25) is 0 Å². The fraction of sp³-hybridized carbons (Fsp3) is 0.478. The summed E-state index contributed by atoms with van der Waals surface area (Å²) in [4.78, 5) is 9.75. The number of rotatable bonds is 5. The Kier molecular flexibility index (Phi) is 6.35. The van der Waals surface area contributed by atoms with E-state index in [1.165, 1.54) is 6.92 Å². The fourth-order valence-corrected chi connectivity index (χ4v) is 5.73. The summed E-state index contributed by atoms with van der Waals surface area (Å²) in [6.45, 7) is 5.31. The number of aliphatic hydroxyl groups excluding tert-OH is 2. The zero-order chi connectivity index (χ0) is 25.9. The van der Waals surface area contributed by atoms with E-state index >= 15 is 0 Å². The summed E-state index contributed by atoms with van der Waals surface area (Å²) in [5, 5.41) is 20.2.